The summed E-state index contributed by atoms with van der Waals surface area (Å²) in [6, 6.07) is 14.0. The number of piperidine rings is 1. The van der Waals surface area contributed by atoms with Crippen LogP contribution in [0.3, 0.4) is 0 Å². The van der Waals surface area contributed by atoms with Crippen LogP contribution in [0, 0.1) is 0 Å². The summed E-state index contributed by atoms with van der Waals surface area (Å²) in [4.78, 5) is 35.0. The molecule has 2 amide bonds. The monoisotopic (exact) mass is 468 g/mol. The van der Waals surface area contributed by atoms with Crippen molar-refractivity contribution in [2.45, 2.75) is 32.2 Å². The van der Waals surface area contributed by atoms with Crippen LogP contribution >= 0.6 is 0 Å². The summed E-state index contributed by atoms with van der Waals surface area (Å²) in [5.41, 5.74) is 11.3. The van der Waals surface area contributed by atoms with Gasteiger partial charge >= 0.3 is 0 Å². The average Bonchev–Trinajstić information content (AvgIpc) is 3.25. The highest BCUT2D eigenvalue weighted by Crippen LogP contribution is 2.24. The molecule has 8 heteroatoms. The van der Waals surface area contributed by atoms with Gasteiger partial charge in [-0.1, -0.05) is 12.1 Å². The van der Waals surface area contributed by atoms with Crippen LogP contribution in [0.5, 0.6) is 0 Å². The Morgan fingerprint density at radius 1 is 1.09 bits per heavy atom. The fourth-order valence-corrected chi connectivity index (χ4v) is 4.59. The molecule has 8 nitrogen and oxygen atoms in total. The number of carbonyl (C=O) groups is 2. The van der Waals surface area contributed by atoms with Gasteiger partial charge in [0, 0.05) is 67.7 Å². The van der Waals surface area contributed by atoms with Crippen molar-refractivity contribution in [1.82, 2.24) is 14.5 Å². The van der Waals surface area contributed by atoms with Crippen molar-refractivity contribution in [3.05, 3.63) is 83.6 Å². The maximum Gasteiger partial charge on any atom is 0.252 e. The Balaban J connectivity index is 1.34. The normalized spacial score (nSPS) is 13.9. The zero-order valence-electron chi connectivity index (χ0n) is 19.7. The van der Waals surface area contributed by atoms with Crippen LogP contribution in [0.1, 0.15) is 46.6 Å². The topological polar surface area (TPSA) is 106 Å². The third kappa shape index (κ3) is 4.73. The van der Waals surface area contributed by atoms with E-state index in [9.17, 15) is 9.59 Å². The number of carbonyl (C=O) groups excluding carboxylic acids is 2. The minimum absolute atomic E-state index is 0.149. The maximum absolute atomic E-state index is 12.2. The molecular formula is C27H28N6O2. The molecule has 4 heterocycles. The largest absolute Gasteiger partial charge is 0.380 e. The molecule has 3 aromatic heterocycles. The van der Waals surface area contributed by atoms with Gasteiger partial charge in [0.1, 0.15) is 0 Å². The van der Waals surface area contributed by atoms with Crippen molar-refractivity contribution in [3.63, 3.8) is 0 Å². The number of aromatic nitrogens is 3. The van der Waals surface area contributed by atoms with Crippen molar-refractivity contribution in [3.8, 4) is 0 Å². The molecule has 0 atom stereocenters. The van der Waals surface area contributed by atoms with Crippen LogP contribution in [-0.2, 0) is 24.8 Å². The molecule has 1 aliphatic rings. The van der Waals surface area contributed by atoms with Gasteiger partial charge < -0.3 is 20.5 Å². The molecule has 1 saturated heterocycles. The van der Waals surface area contributed by atoms with Crippen molar-refractivity contribution in [2.24, 2.45) is 12.8 Å². The van der Waals surface area contributed by atoms with E-state index in [1.807, 2.05) is 37.5 Å². The zero-order valence-corrected chi connectivity index (χ0v) is 19.7. The molecule has 0 aliphatic carbocycles. The van der Waals surface area contributed by atoms with E-state index in [-0.39, 0.29) is 5.91 Å². The van der Waals surface area contributed by atoms with Crippen molar-refractivity contribution in [2.75, 3.05) is 16.8 Å². The molecule has 1 fully saturated rings. The number of fused-ring (bicyclic) bond motifs is 1. The van der Waals surface area contributed by atoms with Gasteiger partial charge in [0.05, 0.1) is 23.1 Å². The SMILES string of the molecule is Cn1ccc2c(CNc3cc(Cc4ccc(N5CCCCC5=O)cn4)ncc3C(N)=O)cccc21. The highest BCUT2D eigenvalue weighted by Gasteiger charge is 2.20. The Labute approximate surface area is 203 Å². The van der Waals surface area contributed by atoms with Crippen molar-refractivity contribution in [1.29, 1.82) is 0 Å². The molecule has 0 unspecified atom stereocenters. The molecular weight excluding hydrogens is 440 g/mol. The predicted molar refractivity (Wildman–Crippen MR) is 136 cm³/mol. The van der Waals surface area contributed by atoms with Crippen LogP contribution in [0.15, 0.2) is 61.1 Å². The number of nitrogens with one attached hydrogen (secondary N) is 1. The number of nitrogens with zero attached hydrogens (tertiary/aromatic N) is 4. The quantitative estimate of drug-likeness (QED) is 0.429. The van der Waals surface area contributed by atoms with Crippen molar-refractivity contribution >= 4 is 34.1 Å². The summed E-state index contributed by atoms with van der Waals surface area (Å²) in [5, 5.41) is 4.54. The standard InChI is InChI=1S/C27H28N6O2/c1-32-12-10-22-18(5-4-6-25(22)32)15-31-24-14-20(30-17-23(24)27(28)35)13-19-8-9-21(16-29-19)33-11-3-2-7-26(33)34/h4-6,8-10,12,14,16-17H,2-3,7,11,13,15H2,1H3,(H2,28,35)(H,30,31). The lowest BCUT2D eigenvalue weighted by Crippen LogP contribution is -2.35. The van der Waals surface area contributed by atoms with E-state index >= 15 is 0 Å². The lowest BCUT2D eigenvalue weighted by Gasteiger charge is -2.26. The summed E-state index contributed by atoms with van der Waals surface area (Å²) in [6.45, 7) is 1.28. The lowest BCUT2D eigenvalue weighted by molar-refractivity contribution is -0.119. The van der Waals surface area contributed by atoms with E-state index in [2.05, 4.69) is 38.1 Å². The first-order valence-corrected chi connectivity index (χ1v) is 11.8. The number of nitrogens with two attached hydrogens (primary N) is 1. The number of anilines is 2. The molecule has 5 rings (SSSR count). The highest BCUT2D eigenvalue weighted by atomic mass is 16.2. The van der Waals surface area contributed by atoms with Crippen LogP contribution < -0.4 is 16.0 Å². The number of rotatable bonds is 7. The highest BCUT2D eigenvalue weighted by molar-refractivity contribution is 5.98. The Kier molecular flexibility index (Phi) is 6.18. The molecule has 35 heavy (non-hydrogen) atoms. The Morgan fingerprint density at radius 3 is 2.71 bits per heavy atom. The average molecular weight is 469 g/mol. The molecule has 4 aromatic rings. The van der Waals surface area contributed by atoms with E-state index in [4.69, 9.17) is 5.73 Å². The van der Waals surface area contributed by atoms with Crippen LogP contribution in [0.4, 0.5) is 11.4 Å². The second-order valence-corrected chi connectivity index (χ2v) is 8.90. The summed E-state index contributed by atoms with van der Waals surface area (Å²) < 4.78 is 2.08. The zero-order chi connectivity index (χ0) is 24.4. The van der Waals surface area contributed by atoms with E-state index in [1.54, 1.807) is 11.1 Å². The number of benzene rings is 1. The predicted octanol–water partition coefficient (Wildman–Crippen LogP) is 3.79. The second kappa shape index (κ2) is 9.58. The Bertz CT molecular complexity index is 1390. The second-order valence-electron chi connectivity index (χ2n) is 8.90. The van der Waals surface area contributed by atoms with Crippen LogP contribution in [0.25, 0.3) is 10.9 Å². The molecule has 178 valence electrons. The number of amides is 2. The summed E-state index contributed by atoms with van der Waals surface area (Å²) >= 11 is 0. The number of hydrogen-bond donors (Lipinski definition) is 2. The van der Waals surface area contributed by atoms with Gasteiger partial charge in [-0.2, -0.15) is 0 Å². The lowest BCUT2D eigenvalue weighted by atomic mass is 10.1. The minimum atomic E-state index is -0.529. The molecule has 0 saturated carbocycles. The Morgan fingerprint density at radius 2 is 1.94 bits per heavy atom. The van der Waals surface area contributed by atoms with Gasteiger partial charge in [0.2, 0.25) is 5.91 Å². The maximum atomic E-state index is 12.2. The molecule has 0 bridgehead atoms. The summed E-state index contributed by atoms with van der Waals surface area (Å²) in [6.07, 6.45) is 8.35. The fraction of sp³-hybridized carbons (Fsp3) is 0.259. The van der Waals surface area contributed by atoms with Gasteiger partial charge in [-0.15, -0.1) is 0 Å². The number of pyridine rings is 2. The molecule has 3 N–H and O–H groups in total. The fourth-order valence-electron chi connectivity index (χ4n) is 4.59. The summed E-state index contributed by atoms with van der Waals surface area (Å²) in [7, 11) is 2.02. The van der Waals surface area contributed by atoms with E-state index < -0.39 is 5.91 Å². The van der Waals surface area contributed by atoms with Gasteiger partial charge in [-0.3, -0.25) is 19.6 Å². The van der Waals surface area contributed by atoms with E-state index in [0.717, 1.165) is 52.9 Å². The molecule has 1 aliphatic heterocycles. The van der Waals surface area contributed by atoms with Crippen molar-refractivity contribution < 1.29 is 9.59 Å². The van der Waals surface area contributed by atoms with Crippen LogP contribution in [-0.4, -0.2) is 32.9 Å². The number of hydrogen-bond acceptors (Lipinski definition) is 5. The first-order valence-electron chi connectivity index (χ1n) is 11.8. The smallest absolute Gasteiger partial charge is 0.252 e. The van der Waals surface area contributed by atoms with Gasteiger partial charge in [0.25, 0.3) is 5.91 Å². The Hall–Kier alpha value is -4.20. The molecule has 0 radical (unpaired) electrons. The van der Waals surface area contributed by atoms with Gasteiger partial charge in [-0.25, -0.2) is 0 Å². The molecule has 0 spiro atoms. The third-order valence-electron chi connectivity index (χ3n) is 6.52. The first-order chi connectivity index (χ1) is 17.0. The van der Waals surface area contributed by atoms with Gasteiger partial charge in [0.15, 0.2) is 0 Å². The van der Waals surface area contributed by atoms with E-state index in [1.165, 1.54) is 6.20 Å². The number of primary amides is 1. The van der Waals surface area contributed by atoms with Crippen LogP contribution in [0.2, 0.25) is 0 Å². The molecule has 1 aromatic carbocycles. The number of aryl methyl sites for hydroxylation is 1. The van der Waals surface area contributed by atoms with Gasteiger partial charge in [-0.05, 0) is 48.7 Å². The third-order valence-corrected chi connectivity index (χ3v) is 6.52. The first kappa shape index (κ1) is 22.6. The minimum Gasteiger partial charge on any atom is -0.380 e. The summed E-state index contributed by atoms with van der Waals surface area (Å²) in [5.74, 6) is -0.380. The van der Waals surface area contributed by atoms with E-state index in [0.29, 0.717) is 30.6 Å².